The summed E-state index contributed by atoms with van der Waals surface area (Å²) in [5, 5.41) is 1.29. The fourth-order valence-electron chi connectivity index (χ4n) is 1.27. The van der Waals surface area contributed by atoms with Crippen molar-refractivity contribution >= 4 is 35.6 Å². The fourth-order valence-corrected chi connectivity index (χ4v) is 1.81. The standard InChI is InChI=1S/C10H13Cl2N.ClH/c1-2-3-10(13)7-4-8(11)6-9(12)5-7;/h4-6,10H,2-3,13H2,1H3;1H/t10-;/m1./s1. The van der Waals surface area contributed by atoms with Crippen LogP contribution in [0.3, 0.4) is 0 Å². The molecule has 0 fully saturated rings. The number of benzene rings is 1. The highest BCUT2D eigenvalue weighted by molar-refractivity contribution is 6.34. The number of hydrogen-bond donors (Lipinski definition) is 1. The van der Waals surface area contributed by atoms with E-state index >= 15 is 0 Å². The summed E-state index contributed by atoms with van der Waals surface area (Å²) in [7, 11) is 0. The molecule has 0 spiro atoms. The molecule has 1 rings (SSSR count). The zero-order valence-electron chi connectivity index (χ0n) is 7.97. The molecule has 80 valence electrons. The van der Waals surface area contributed by atoms with E-state index in [0.29, 0.717) is 10.0 Å². The first-order chi connectivity index (χ1) is 6.13. The molecule has 0 radical (unpaired) electrons. The van der Waals surface area contributed by atoms with Crippen LogP contribution >= 0.6 is 35.6 Å². The number of rotatable bonds is 3. The number of hydrogen-bond acceptors (Lipinski definition) is 1. The molecular formula is C10H14Cl3N. The van der Waals surface area contributed by atoms with E-state index in [9.17, 15) is 0 Å². The van der Waals surface area contributed by atoms with Gasteiger partial charge in [0.2, 0.25) is 0 Å². The minimum Gasteiger partial charge on any atom is -0.324 e. The van der Waals surface area contributed by atoms with E-state index in [2.05, 4.69) is 6.92 Å². The Bertz CT molecular complexity index is 268. The normalized spacial score (nSPS) is 12.0. The molecule has 0 heterocycles. The maximum atomic E-state index is 5.93. The lowest BCUT2D eigenvalue weighted by molar-refractivity contribution is 0.638. The zero-order chi connectivity index (χ0) is 9.84. The molecule has 1 nitrogen and oxygen atoms in total. The molecule has 1 aromatic carbocycles. The van der Waals surface area contributed by atoms with Crippen LogP contribution in [-0.4, -0.2) is 0 Å². The third-order valence-electron chi connectivity index (χ3n) is 1.91. The molecule has 0 amide bonds. The molecule has 0 aromatic heterocycles. The Balaban J connectivity index is 0.00000169. The summed E-state index contributed by atoms with van der Waals surface area (Å²) >= 11 is 11.7. The number of halogens is 3. The second-order valence-electron chi connectivity index (χ2n) is 3.10. The van der Waals surface area contributed by atoms with Crippen molar-refractivity contribution in [3.8, 4) is 0 Å². The zero-order valence-corrected chi connectivity index (χ0v) is 10.3. The average Bonchev–Trinajstić information content (AvgIpc) is 2.03. The fraction of sp³-hybridized carbons (Fsp3) is 0.400. The van der Waals surface area contributed by atoms with Crippen LogP contribution in [0.15, 0.2) is 18.2 Å². The summed E-state index contributed by atoms with van der Waals surface area (Å²) in [5.41, 5.74) is 6.94. The number of nitrogens with two attached hydrogens (primary N) is 1. The van der Waals surface area contributed by atoms with E-state index in [-0.39, 0.29) is 18.4 Å². The van der Waals surface area contributed by atoms with Gasteiger partial charge in [-0.2, -0.15) is 0 Å². The average molecular weight is 255 g/mol. The topological polar surface area (TPSA) is 26.0 Å². The van der Waals surface area contributed by atoms with Crippen LogP contribution in [-0.2, 0) is 0 Å². The van der Waals surface area contributed by atoms with Gasteiger partial charge in [-0.3, -0.25) is 0 Å². The molecule has 0 bridgehead atoms. The van der Waals surface area contributed by atoms with Gasteiger partial charge in [-0.15, -0.1) is 12.4 Å². The first kappa shape index (κ1) is 14.1. The van der Waals surface area contributed by atoms with Gasteiger partial charge in [0, 0.05) is 16.1 Å². The Morgan fingerprint density at radius 3 is 2.14 bits per heavy atom. The van der Waals surface area contributed by atoms with E-state index in [1.807, 2.05) is 12.1 Å². The Morgan fingerprint density at radius 2 is 1.71 bits per heavy atom. The van der Waals surface area contributed by atoms with Crippen LogP contribution in [0.4, 0.5) is 0 Å². The van der Waals surface area contributed by atoms with Crippen LogP contribution < -0.4 is 5.73 Å². The van der Waals surface area contributed by atoms with Crippen molar-refractivity contribution in [3.63, 3.8) is 0 Å². The Labute approximate surface area is 101 Å². The summed E-state index contributed by atoms with van der Waals surface area (Å²) in [6.07, 6.45) is 2.02. The third-order valence-corrected chi connectivity index (χ3v) is 2.35. The molecule has 0 saturated heterocycles. The van der Waals surface area contributed by atoms with Crippen molar-refractivity contribution in [1.29, 1.82) is 0 Å². The van der Waals surface area contributed by atoms with Gasteiger partial charge in [0.15, 0.2) is 0 Å². The van der Waals surface area contributed by atoms with Crippen LogP contribution in [0.2, 0.25) is 10.0 Å². The summed E-state index contributed by atoms with van der Waals surface area (Å²) in [6.45, 7) is 2.10. The summed E-state index contributed by atoms with van der Waals surface area (Å²) in [5.74, 6) is 0. The molecule has 4 heteroatoms. The summed E-state index contributed by atoms with van der Waals surface area (Å²) in [6, 6.07) is 5.49. The van der Waals surface area contributed by atoms with Crippen LogP contribution in [0, 0.1) is 0 Å². The van der Waals surface area contributed by atoms with Crippen LogP contribution in [0.1, 0.15) is 31.4 Å². The van der Waals surface area contributed by atoms with Gasteiger partial charge in [0.25, 0.3) is 0 Å². The van der Waals surface area contributed by atoms with Gasteiger partial charge < -0.3 is 5.73 Å². The summed E-state index contributed by atoms with van der Waals surface area (Å²) < 4.78 is 0. The lowest BCUT2D eigenvalue weighted by atomic mass is 10.0. The molecule has 0 aliphatic heterocycles. The van der Waals surface area contributed by atoms with Crippen molar-refractivity contribution in [1.82, 2.24) is 0 Å². The maximum absolute atomic E-state index is 5.93. The third kappa shape index (κ3) is 4.05. The minimum atomic E-state index is 0. The predicted molar refractivity (Wildman–Crippen MR) is 65.5 cm³/mol. The molecule has 2 N–H and O–H groups in total. The smallest absolute Gasteiger partial charge is 0.0424 e. The quantitative estimate of drug-likeness (QED) is 0.859. The molecule has 0 saturated carbocycles. The largest absolute Gasteiger partial charge is 0.324 e. The van der Waals surface area contributed by atoms with Gasteiger partial charge in [-0.05, 0) is 30.2 Å². The molecule has 0 unspecified atom stereocenters. The van der Waals surface area contributed by atoms with E-state index in [1.54, 1.807) is 6.07 Å². The predicted octanol–water partition coefficient (Wildman–Crippen LogP) is 4.22. The minimum absolute atomic E-state index is 0. The summed E-state index contributed by atoms with van der Waals surface area (Å²) in [4.78, 5) is 0. The Hall–Kier alpha value is 0.0500. The highest BCUT2D eigenvalue weighted by atomic mass is 35.5. The Kier molecular flexibility index (Phi) is 6.54. The van der Waals surface area contributed by atoms with E-state index < -0.39 is 0 Å². The highest BCUT2D eigenvalue weighted by Gasteiger charge is 2.06. The van der Waals surface area contributed by atoms with Crippen molar-refractivity contribution in [2.24, 2.45) is 5.73 Å². The van der Waals surface area contributed by atoms with E-state index in [1.165, 1.54) is 0 Å². The SMILES string of the molecule is CCC[C@@H](N)c1cc(Cl)cc(Cl)c1.Cl. The van der Waals surface area contributed by atoms with Crippen LogP contribution in [0.25, 0.3) is 0 Å². The molecule has 0 aliphatic carbocycles. The van der Waals surface area contributed by atoms with Crippen molar-refractivity contribution in [2.45, 2.75) is 25.8 Å². The lowest BCUT2D eigenvalue weighted by Crippen LogP contribution is -2.09. The molecule has 14 heavy (non-hydrogen) atoms. The maximum Gasteiger partial charge on any atom is 0.0424 e. The monoisotopic (exact) mass is 253 g/mol. The van der Waals surface area contributed by atoms with Gasteiger partial charge in [-0.25, -0.2) is 0 Å². The molecule has 1 aromatic rings. The van der Waals surface area contributed by atoms with Crippen molar-refractivity contribution < 1.29 is 0 Å². The molecular weight excluding hydrogens is 240 g/mol. The van der Waals surface area contributed by atoms with E-state index in [0.717, 1.165) is 18.4 Å². The van der Waals surface area contributed by atoms with Gasteiger partial charge in [0.1, 0.15) is 0 Å². The first-order valence-corrected chi connectivity index (χ1v) is 5.10. The Morgan fingerprint density at radius 1 is 1.21 bits per heavy atom. The molecule has 0 aliphatic rings. The van der Waals surface area contributed by atoms with Crippen molar-refractivity contribution in [3.05, 3.63) is 33.8 Å². The van der Waals surface area contributed by atoms with Crippen molar-refractivity contribution in [2.75, 3.05) is 0 Å². The first-order valence-electron chi connectivity index (χ1n) is 4.35. The highest BCUT2D eigenvalue weighted by Crippen LogP contribution is 2.24. The van der Waals surface area contributed by atoms with Gasteiger partial charge in [-0.1, -0.05) is 36.5 Å². The second kappa shape index (κ2) is 6.52. The second-order valence-corrected chi connectivity index (χ2v) is 3.97. The van der Waals surface area contributed by atoms with Gasteiger partial charge >= 0.3 is 0 Å². The van der Waals surface area contributed by atoms with Gasteiger partial charge in [0.05, 0.1) is 0 Å². The van der Waals surface area contributed by atoms with E-state index in [4.69, 9.17) is 28.9 Å². The molecule has 1 atom stereocenters. The van der Waals surface area contributed by atoms with Crippen LogP contribution in [0.5, 0.6) is 0 Å². The lowest BCUT2D eigenvalue weighted by Gasteiger charge is -2.11.